The fourth-order valence-corrected chi connectivity index (χ4v) is 4.35. The monoisotopic (exact) mass is 478 g/mol. The van der Waals surface area contributed by atoms with Crippen LogP contribution in [0.1, 0.15) is 37.0 Å². The van der Waals surface area contributed by atoms with Gasteiger partial charge in [0.2, 0.25) is 0 Å². The van der Waals surface area contributed by atoms with Crippen molar-refractivity contribution in [3.63, 3.8) is 0 Å². The number of fused-ring (bicyclic) bond motifs is 2. The van der Waals surface area contributed by atoms with Gasteiger partial charge in [-0.05, 0) is 42.7 Å². The SMILES string of the molecule is COC(=O)CCn1c(-c2cccc3c2n(CCC(C)C)c(=O)n3C)nc2cc(C(=O)OC)ccc21. The lowest BCUT2D eigenvalue weighted by Gasteiger charge is -2.12. The molecule has 0 bridgehead atoms. The van der Waals surface area contributed by atoms with Crippen LogP contribution in [0.15, 0.2) is 41.2 Å². The maximum atomic E-state index is 13.1. The van der Waals surface area contributed by atoms with Crippen LogP contribution in [0.4, 0.5) is 0 Å². The molecule has 0 aliphatic heterocycles. The first kappa shape index (κ1) is 24.3. The minimum absolute atomic E-state index is 0.0849. The summed E-state index contributed by atoms with van der Waals surface area (Å²) < 4.78 is 15.1. The van der Waals surface area contributed by atoms with E-state index in [2.05, 4.69) is 13.8 Å². The minimum atomic E-state index is -0.453. The van der Waals surface area contributed by atoms with E-state index in [1.54, 1.807) is 34.4 Å². The molecular weight excluding hydrogens is 448 g/mol. The molecule has 9 heteroatoms. The van der Waals surface area contributed by atoms with E-state index >= 15 is 0 Å². The van der Waals surface area contributed by atoms with Crippen LogP contribution in [-0.4, -0.2) is 44.8 Å². The smallest absolute Gasteiger partial charge is 0.337 e. The molecule has 0 aliphatic rings. The molecule has 35 heavy (non-hydrogen) atoms. The van der Waals surface area contributed by atoms with Crippen LogP contribution in [-0.2, 0) is 34.4 Å². The summed E-state index contributed by atoms with van der Waals surface area (Å²) in [5.41, 5.74) is 4.04. The van der Waals surface area contributed by atoms with Crippen LogP contribution < -0.4 is 5.69 Å². The van der Waals surface area contributed by atoms with E-state index < -0.39 is 5.97 Å². The second-order valence-corrected chi connectivity index (χ2v) is 8.96. The molecule has 9 nitrogen and oxygen atoms in total. The Kier molecular flexibility index (Phi) is 6.77. The zero-order valence-electron chi connectivity index (χ0n) is 20.7. The Hall–Kier alpha value is -3.88. The molecule has 0 aliphatic carbocycles. The first-order valence-corrected chi connectivity index (χ1v) is 11.6. The Morgan fingerprint density at radius 2 is 1.77 bits per heavy atom. The predicted octanol–water partition coefficient (Wildman–Crippen LogP) is 3.75. The minimum Gasteiger partial charge on any atom is -0.469 e. The second-order valence-electron chi connectivity index (χ2n) is 8.96. The van der Waals surface area contributed by atoms with Gasteiger partial charge in [0.1, 0.15) is 5.82 Å². The van der Waals surface area contributed by atoms with Crippen LogP contribution >= 0.6 is 0 Å². The molecule has 4 aromatic rings. The first-order valence-electron chi connectivity index (χ1n) is 11.6. The van der Waals surface area contributed by atoms with E-state index in [0.717, 1.165) is 28.5 Å². The lowest BCUT2D eigenvalue weighted by molar-refractivity contribution is -0.140. The summed E-state index contributed by atoms with van der Waals surface area (Å²) in [6.07, 6.45) is 1.01. The number of methoxy groups -OCH3 is 2. The van der Waals surface area contributed by atoms with Gasteiger partial charge in [-0.3, -0.25) is 13.9 Å². The summed E-state index contributed by atoms with van der Waals surface area (Å²) in [4.78, 5) is 42.1. The van der Waals surface area contributed by atoms with Crippen molar-refractivity contribution in [2.24, 2.45) is 13.0 Å². The van der Waals surface area contributed by atoms with Gasteiger partial charge >= 0.3 is 17.6 Å². The van der Waals surface area contributed by atoms with Gasteiger partial charge in [0, 0.05) is 25.7 Å². The Bertz CT molecular complexity index is 1470. The van der Waals surface area contributed by atoms with Crippen molar-refractivity contribution in [2.75, 3.05) is 14.2 Å². The zero-order valence-corrected chi connectivity index (χ0v) is 20.7. The molecule has 2 aromatic carbocycles. The van der Waals surface area contributed by atoms with Crippen LogP contribution in [0, 0.1) is 5.92 Å². The fraction of sp³-hybridized carbons (Fsp3) is 0.385. The number of esters is 2. The normalized spacial score (nSPS) is 11.5. The number of hydrogen-bond donors (Lipinski definition) is 0. The van der Waals surface area contributed by atoms with Crippen LogP contribution in [0.25, 0.3) is 33.5 Å². The Balaban J connectivity index is 1.98. The Morgan fingerprint density at radius 1 is 1.00 bits per heavy atom. The molecule has 0 saturated heterocycles. The topological polar surface area (TPSA) is 97.4 Å². The highest BCUT2D eigenvalue weighted by Crippen LogP contribution is 2.31. The zero-order chi connectivity index (χ0) is 25.3. The molecule has 0 amide bonds. The third-order valence-corrected chi connectivity index (χ3v) is 6.27. The molecule has 0 N–H and O–H groups in total. The molecule has 0 radical (unpaired) electrons. The molecule has 2 aromatic heterocycles. The summed E-state index contributed by atoms with van der Waals surface area (Å²) >= 11 is 0. The molecule has 0 unspecified atom stereocenters. The van der Waals surface area contributed by atoms with Gasteiger partial charge in [-0.1, -0.05) is 19.9 Å². The number of carbonyl (C=O) groups is 2. The highest BCUT2D eigenvalue weighted by atomic mass is 16.5. The van der Waals surface area contributed by atoms with E-state index in [-0.39, 0.29) is 18.1 Å². The summed E-state index contributed by atoms with van der Waals surface area (Å²) in [5.74, 6) is 0.257. The van der Waals surface area contributed by atoms with Crippen molar-refractivity contribution in [3.05, 3.63) is 52.4 Å². The number of carbonyl (C=O) groups excluding carboxylic acids is 2. The van der Waals surface area contributed by atoms with Gasteiger partial charge in [-0.25, -0.2) is 14.6 Å². The number of aryl methyl sites for hydroxylation is 3. The van der Waals surface area contributed by atoms with Crippen LogP contribution in [0.3, 0.4) is 0 Å². The van der Waals surface area contributed by atoms with Gasteiger partial charge in [-0.2, -0.15) is 0 Å². The van der Waals surface area contributed by atoms with Gasteiger partial charge in [0.15, 0.2) is 0 Å². The highest BCUT2D eigenvalue weighted by Gasteiger charge is 2.21. The summed E-state index contributed by atoms with van der Waals surface area (Å²) in [6, 6.07) is 10.9. The number of benzene rings is 2. The van der Waals surface area contributed by atoms with Gasteiger partial charge in [-0.15, -0.1) is 0 Å². The standard InChI is InChI=1S/C26H30N4O5/c1-16(2)11-13-30-23-18(7-6-8-21(23)28(3)26(30)33)24-27-19-15-17(25(32)35-5)9-10-20(19)29(24)14-12-22(31)34-4/h6-10,15-16H,11-14H2,1-5H3. The Morgan fingerprint density at radius 3 is 2.46 bits per heavy atom. The average Bonchev–Trinajstić information content (AvgIpc) is 3.34. The van der Waals surface area contributed by atoms with Crippen molar-refractivity contribution in [1.82, 2.24) is 18.7 Å². The summed E-state index contributed by atoms with van der Waals surface area (Å²) in [6.45, 7) is 5.17. The lowest BCUT2D eigenvalue weighted by atomic mass is 10.1. The molecule has 0 saturated carbocycles. The Labute approximate surface area is 202 Å². The third kappa shape index (κ3) is 4.45. The maximum absolute atomic E-state index is 13.1. The summed E-state index contributed by atoms with van der Waals surface area (Å²) in [5, 5.41) is 0. The molecule has 0 spiro atoms. The second kappa shape index (κ2) is 9.77. The first-order chi connectivity index (χ1) is 16.8. The van der Waals surface area contributed by atoms with Crippen molar-refractivity contribution < 1.29 is 19.1 Å². The van der Waals surface area contributed by atoms with Crippen molar-refractivity contribution in [1.29, 1.82) is 0 Å². The van der Waals surface area contributed by atoms with E-state index in [0.29, 0.717) is 35.9 Å². The molecule has 184 valence electrons. The fourth-order valence-electron chi connectivity index (χ4n) is 4.35. The average molecular weight is 479 g/mol. The number of imidazole rings is 2. The quantitative estimate of drug-likeness (QED) is 0.358. The van der Waals surface area contributed by atoms with Crippen molar-refractivity contribution in [3.8, 4) is 11.4 Å². The molecule has 4 rings (SSSR count). The predicted molar refractivity (Wildman–Crippen MR) is 133 cm³/mol. The highest BCUT2D eigenvalue weighted by molar-refractivity contribution is 5.96. The molecule has 0 atom stereocenters. The number of para-hydroxylation sites is 1. The van der Waals surface area contributed by atoms with E-state index in [4.69, 9.17) is 14.5 Å². The van der Waals surface area contributed by atoms with Gasteiger partial charge in [0.05, 0.1) is 48.3 Å². The number of rotatable bonds is 8. The van der Waals surface area contributed by atoms with Crippen LogP contribution in [0.2, 0.25) is 0 Å². The maximum Gasteiger partial charge on any atom is 0.337 e. The van der Waals surface area contributed by atoms with Crippen molar-refractivity contribution >= 4 is 34.0 Å². The van der Waals surface area contributed by atoms with Gasteiger partial charge in [0.25, 0.3) is 0 Å². The number of hydrogen-bond acceptors (Lipinski definition) is 6. The number of nitrogens with zero attached hydrogens (tertiary/aromatic N) is 4. The lowest BCUT2D eigenvalue weighted by Crippen LogP contribution is -2.23. The van der Waals surface area contributed by atoms with Gasteiger partial charge < -0.3 is 14.0 Å². The largest absolute Gasteiger partial charge is 0.469 e. The van der Waals surface area contributed by atoms with Crippen LogP contribution in [0.5, 0.6) is 0 Å². The van der Waals surface area contributed by atoms with E-state index in [9.17, 15) is 14.4 Å². The van der Waals surface area contributed by atoms with E-state index in [1.807, 2.05) is 22.8 Å². The summed E-state index contributed by atoms with van der Waals surface area (Å²) in [7, 11) is 4.46. The molecular formula is C26H30N4O5. The number of aromatic nitrogens is 4. The third-order valence-electron chi connectivity index (χ3n) is 6.27. The van der Waals surface area contributed by atoms with E-state index in [1.165, 1.54) is 14.2 Å². The molecule has 0 fully saturated rings. The number of ether oxygens (including phenoxy) is 2. The molecule has 2 heterocycles. The van der Waals surface area contributed by atoms with Crippen molar-refractivity contribution in [2.45, 2.75) is 39.8 Å².